The van der Waals surface area contributed by atoms with Crippen molar-refractivity contribution in [3.05, 3.63) is 53.2 Å². The van der Waals surface area contributed by atoms with Crippen LogP contribution in [0.1, 0.15) is 36.1 Å². The summed E-state index contributed by atoms with van der Waals surface area (Å²) in [6, 6.07) is 11.1. The number of hydrogen-bond donors (Lipinski definition) is 2. The maximum atomic E-state index is 14.2. The molecule has 6 rings (SSSR count). The summed E-state index contributed by atoms with van der Waals surface area (Å²) in [5.41, 5.74) is 5.15. The highest BCUT2D eigenvalue weighted by atomic mass is 19.1. The first-order valence-electron chi connectivity index (χ1n) is 13.6. The first kappa shape index (κ1) is 25.5. The van der Waals surface area contributed by atoms with E-state index in [-0.39, 0.29) is 25.4 Å². The third-order valence-corrected chi connectivity index (χ3v) is 8.55. The van der Waals surface area contributed by atoms with Gasteiger partial charge in [-0.05, 0) is 43.0 Å². The molecule has 3 aliphatic heterocycles. The Balaban J connectivity index is 1.33. The van der Waals surface area contributed by atoms with Crippen LogP contribution >= 0.6 is 0 Å². The Kier molecular flexibility index (Phi) is 7.01. The molecule has 0 bridgehead atoms. The predicted molar refractivity (Wildman–Crippen MR) is 144 cm³/mol. The largest absolute Gasteiger partial charge is 0.496 e. The molecule has 0 spiro atoms. The van der Waals surface area contributed by atoms with Crippen molar-refractivity contribution >= 4 is 16.6 Å². The molecule has 0 aliphatic carbocycles. The summed E-state index contributed by atoms with van der Waals surface area (Å²) in [6.45, 7) is 5.75. The van der Waals surface area contributed by atoms with Gasteiger partial charge in [-0.15, -0.1) is 0 Å². The molecule has 1 aromatic heterocycles. The second kappa shape index (κ2) is 10.4. The van der Waals surface area contributed by atoms with Crippen LogP contribution in [0, 0.1) is 5.41 Å². The van der Waals surface area contributed by atoms with Crippen molar-refractivity contribution in [3.63, 3.8) is 0 Å². The van der Waals surface area contributed by atoms with Gasteiger partial charge >= 0.3 is 0 Å². The lowest BCUT2D eigenvalue weighted by Crippen LogP contribution is -2.56. The highest BCUT2D eigenvalue weighted by molar-refractivity contribution is 5.83. The van der Waals surface area contributed by atoms with Crippen LogP contribution in [0.5, 0.6) is 5.75 Å². The molecule has 204 valence electrons. The molecule has 2 N–H and O–H groups in total. The lowest BCUT2D eigenvalue weighted by Gasteiger charge is -2.49. The number of aromatic nitrogens is 2. The Morgan fingerprint density at radius 3 is 2.71 bits per heavy atom. The highest BCUT2D eigenvalue weighted by Gasteiger charge is 2.45. The Labute approximate surface area is 222 Å². The van der Waals surface area contributed by atoms with Crippen molar-refractivity contribution < 1.29 is 18.3 Å². The quantitative estimate of drug-likeness (QED) is 0.410. The molecule has 2 aromatic carbocycles. The van der Waals surface area contributed by atoms with Gasteiger partial charge in [0.25, 0.3) is 0 Å². The van der Waals surface area contributed by atoms with Crippen molar-refractivity contribution in [2.45, 2.75) is 37.9 Å². The lowest BCUT2D eigenvalue weighted by atomic mass is 9.79. The molecule has 2 saturated heterocycles. The van der Waals surface area contributed by atoms with E-state index in [1.807, 2.05) is 6.20 Å². The number of nitrogens with zero attached hydrogens (tertiary/aromatic N) is 3. The van der Waals surface area contributed by atoms with Crippen molar-refractivity contribution in [1.82, 2.24) is 20.0 Å². The van der Waals surface area contributed by atoms with E-state index >= 15 is 0 Å². The number of halogens is 2. The summed E-state index contributed by atoms with van der Waals surface area (Å²) in [5.74, 6) is 0.810. The molecule has 2 fully saturated rings. The van der Waals surface area contributed by atoms with Crippen LogP contribution in [-0.4, -0.2) is 91.9 Å². The zero-order valence-electron chi connectivity index (χ0n) is 22.2. The van der Waals surface area contributed by atoms with Gasteiger partial charge in [0, 0.05) is 54.9 Å². The fourth-order valence-corrected chi connectivity index (χ4v) is 6.39. The minimum Gasteiger partial charge on any atom is -0.496 e. The van der Waals surface area contributed by atoms with Gasteiger partial charge in [0.1, 0.15) is 12.4 Å². The van der Waals surface area contributed by atoms with Crippen LogP contribution in [0.15, 0.2) is 36.5 Å². The Morgan fingerprint density at radius 2 is 2.00 bits per heavy atom. The number of rotatable bonds is 10. The Hall–Kier alpha value is -2.75. The molecule has 0 saturated carbocycles. The molecule has 1 unspecified atom stereocenters. The number of benzene rings is 2. The smallest absolute Gasteiger partial charge is 0.126 e. The first-order chi connectivity index (χ1) is 18.5. The second-order valence-electron chi connectivity index (χ2n) is 11.3. The average molecular weight is 526 g/mol. The molecule has 3 aliphatic rings. The molecule has 2 atom stereocenters. The van der Waals surface area contributed by atoms with Crippen LogP contribution < -0.4 is 10.1 Å². The topological polar surface area (TPSA) is 65.7 Å². The number of ether oxygens (including phenoxy) is 2. The standard InChI is InChI=1S/C29H37F2N5O2/c1-19-10-24-22(6-7-26-25(24)12-32-34-26)28(36(19)16-29(15-31)17-38-18-29)23-5-4-20(11-27(23)37-2)33-21-13-35(14-21)9-3-8-30/h4-7,11-12,19,21,28,33H,3,8-10,13-18H2,1-2H3,(H,32,34)/t19-,28?/m1/s1. The van der Waals surface area contributed by atoms with Crippen molar-refractivity contribution in [2.24, 2.45) is 5.41 Å². The van der Waals surface area contributed by atoms with Gasteiger partial charge in [-0.3, -0.25) is 23.7 Å². The number of anilines is 1. The van der Waals surface area contributed by atoms with Gasteiger partial charge in [0.15, 0.2) is 0 Å². The molecular weight excluding hydrogens is 488 g/mol. The SMILES string of the molecule is COc1cc(NC2CN(CCCF)C2)ccc1C1c2ccc3[nH]ncc3c2C[C@@H](C)N1CC1(CF)COC1. The zero-order valence-corrected chi connectivity index (χ0v) is 22.2. The summed E-state index contributed by atoms with van der Waals surface area (Å²) in [7, 11) is 1.71. The van der Waals surface area contributed by atoms with Crippen LogP contribution in [0.25, 0.3) is 10.9 Å². The maximum absolute atomic E-state index is 14.2. The molecule has 9 heteroatoms. The number of alkyl halides is 2. The summed E-state index contributed by atoms with van der Waals surface area (Å²) in [6.07, 6.45) is 3.37. The fourth-order valence-electron chi connectivity index (χ4n) is 6.39. The van der Waals surface area contributed by atoms with E-state index in [1.54, 1.807) is 7.11 Å². The predicted octanol–water partition coefficient (Wildman–Crippen LogP) is 4.35. The van der Waals surface area contributed by atoms with E-state index in [2.05, 4.69) is 62.6 Å². The Bertz CT molecular complexity index is 1270. The van der Waals surface area contributed by atoms with E-state index in [9.17, 15) is 8.78 Å². The van der Waals surface area contributed by atoms with E-state index in [0.29, 0.717) is 32.2 Å². The third kappa shape index (κ3) is 4.54. The summed E-state index contributed by atoms with van der Waals surface area (Å²) >= 11 is 0. The van der Waals surface area contributed by atoms with Crippen LogP contribution in [0.4, 0.5) is 14.5 Å². The maximum Gasteiger partial charge on any atom is 0.126 e. The van der Waals surface area contributed by atoms with Gasteiger partial charge in [-0.1, -0.05) is 12.1 Å². The molecule has 4 heterocycles. The van der Waals surface area contributed by atoms with Crippen molar-refractivity contribution in [2.75, 3.05) is 65.2 Å². The third-order valence-electron chi connectivity index (χ3n) is 8.55. The van der Waals surface area contributed by atoms with Crippen LogP contribution in [-0.2, 0) is 11.2 Å². The highest BCUT2D eigenvalue weighted by Crippen LogP contribution is 2.46. The van der Waals surface area contributed by atoms with Crippen molar-refractivity contribution in [3.8, 4) is 5.75 Å². The second-order valence-corrected chi connectivity index (χ2v) is 11.3. The average Bonchev–Trinajstić information content (AvgIpc) is 3.37. The summed E-state index contributed by atoms with van der Waals surface area (Å²) < 4.78 is 38.2. The van der Waals surface area contributed by atoms with E-state index in [4.69, 9.17) is 9.47 Å². The molecule has 0 radical (unpaired) electrons. The minimum atomic E-state index is -0.462. The van der Waals surface area contributed by atoms with Gasteiger partial charge in [0.05, 0.1) is 56.2 Å². The monoisotopic (exact) mass is 525 g/mol. The molecular formula is C29H37F2N5O2. The summed E-state index contributed by atoms with van der Waals surface area (Å²) in [4.78, 5) is 4.71. The van der Waals surface area contributed by atoms with E-state index < -0.39 is 5.41 Å². The van der Waals surface area contributed by atoms with E-state index in [1.165, 1.54) is 11.1 Å². The van der Waals surface area contributed by atoms with Gasteiger partial charge in [-0.25, -0.2) is 0 Å². The van der Waals surface area contributed by atoms with Crippen molar-refractivity contribution in [1.29, 1.82) is 0 Å². The molecule has 0 amide bonds. The normalized spacial score (nSPS) is 23.6. The molecule has 38 heavy (non-hydrogen) atoms. The fraction of sp³-hybridized carbons (Fsp3) is 0.552. The number of likely N-dealkylation sites (tertiary alicyclic amines) is 1. The van der Waals surface area contributed by atoms with Gasteiger partial charge in [0.2, 0.25) is 0 Å². The number of fused-ring (bicyclic) bond motifs is 3. The van der Waals surface area contributed by atoms with E-state index in [0.717, 1.165) is 54.0 Å². The van der Waals surface area contributed by atoms with Gasteiger partial charge in [-0.2, -0.15) is 5.10 Å². The molecule has 7 nitrogen and oxygen atoms in total. The first-order valence-corrected chi connectivity index (χ1v) is 13.6. The number of H-pyrrole nitrogens is 1. The summed E-state index contributed by atoms with van der Waals surface area (Å²) in [5, 5.41) is 12.2. The lowest BCUT2D eigenvalue weighted by molar-refractivity contribution is -0.143. The Morgan fingerprint density at radius 1 is 1.18 bits per heavy atom. The number of hydrogen-bond acceptors (Lipinski definition) is 6. The zero-order chi connectivity index (χ0) is 26.3. The number of nitrogens with one attached hydrogen (secondary N) is 2. The number of aromatic amines is 1. The number of methoxy groups -OCH3 is 1. The van der Waals surface area contributed by atoms with Crippen LogP contribution in [0.2, 0.25) is 0 Å². The molecule has 3 aromatic rings. The minimum absolute atomic E-state index is 0.0824. The van der Waals surface area contributed by atoms with Gasteiger partial charge < -0.3 is 14.8 Å². The van der Waals surface area contributed by atoms with Crippen LogP contribution in [0.3, 0.4) is 0 Å².